The molecule has 0 atom stereocenters. The van der Waals surface area contributed by atoms with Crippen molar-refractivity contribution in [1.82, 2.24) is 15.6 Å². The Hall–Kier alpha value is -2.39. The summed E-state index contributed by atoms with van der Waals surface area (Å²) < 4.78 is 11.0. The van der Waals surface area contributed by atoms with Crippen LogP contribution in [0.3, 0.4) is 0 Å². The van der Waals surface area contributed by atoms with E-state index in [-0.39, 0.29) is 24.0 Å². The predicted molar refractivity (Wildman–Crippen MR) is 126 cm³/mol. The molecule has 0 radical (unpaired) electrons. The van der Waals surface area contributed by atoms with Crippen molar-refractivity contribution in [1.29, 1.82) is 0 Å². The monoisotopic (exact) mass is 506 g/mol. The van der Waals surface area contributed by atoms with E-state index < -0.39 is 0 Å². The maximum absolute atomic E-state index is 5.56. The van der Waals surface area contributed by atoms with Gasteiger partial charge in [0.2, 0.25) is 5.89 Å². The number of nitrogens with zero attached hydrogens (tertiary/aromatic N) is 2. The molecule has 3 rings (SSSR count). The smallest absolute Gasteiger partial charge is 0.226 e. The number of benzene rings is 2. The molecule has 0 fully saturated rings. The Balaban J connectivity index is 0.00000300. The molecule has 7 heteroatoms. The zero-order valence-corrected chi connectivity index (χ0v) is 19.1. The molecule has 154 valence electrons. The first kappa shape index (κ1) is 22.9. The SMILES string of the molecule is CCOCc1ccc(CNC(=NC)NCc2coc(-c3ccccc3)n2)cc1.I. The number of aromatic nitrogens is 1. The van der Waals surface area contributed by atoms with Crippen LogP contribution in [0.2, 0.25) is 0 Å². The molecule has 6 nitrogen and oxygen atoms in total. The molecule has 2 aromatic carbocycles. The fraction of sp³-hybridized carbons (Fsp3) is 0.273. The lowest BCUT2D eigenvalue weighted by molar-refractivity contribution is 0.134. The van der Waals surface area contributed by atoms with Crippen LogP contribution in [0.5, 0.6) is 0 Å². The Morgan fingerprint density at radius 3 is 2.38 bits per heavy atom. The molecule has 0 saturated carbocycles. The van der Waals surface area contributed by atoms with Gasteiger partial charge in [-0.15, -0.1) is 24.0 Å². The molecule has 29 heavy (non-hydrogen) atoms. The first-order chi connectivity index (χ1) is 13.8. The van der Waals surface area contributed by atoms with E-state index in [4.69, 9.17) is 9.15 Å². The van der Waals surface area contributed by atoms with Crippen molar-refractivity contribution in [3.05, 3.63) is 77.7 Å². The van der Waals surface area contributed by atoms with Gasteiger partial charge in [-0.3, -0.25) is 4.99 Å². The van der Waals surface area contributed by atoms with Crippen LogP contribution in [0.1, 0.15) is 23.7 Å². The summed E-state index contributed by atoms with van der Waals surface area (Å²) in [5.74, 6) is 1.33. The molecule has 2 N–H and O–H groups in total. The van der Waals surface area contributed by atoms with E-state index >= 15 is 0 Å². The van der Waals surface area contributed by atoms with Gasteiger partial charge in [0.05, 0.1) is 18.8 Å². The predicted octanol–water partition coefficient (Wildman–Crippen LogP) is 4.36. The first-order valence-electron chi connectivity index (χ1n) is 9.38. The van der Waals surface area contributed by atoms with Gasteiger partial charge in [0, 0.05) is 25.8 Å². The number of hydrogen-bond acceptors (Lipinski definition) is 4. The van der Waals surface area contributed by atoms with Crippen LogP contribution >= 0.6 is 24.0 Å². The Morgan fingerprint density at radius 1 is 1.00 bits per heavy atom. The highest BCUT2D eigenvalue weighted by atomic mass is 127. The molecule has 0 aliphatic carbocycles. The van der Waals surface area contributed by atoms with Gasteiger partial charge >= 0.3 is 0 Å². The number of rotatable bonds is 8. The van der Waals surface area contributed by atoms with Crippen molar-refractivity contribution >= 4 is 29.9 Å². The molecule has 0 unspecified atom stereocenters. The lowest BCUT2D eigenvalue weighted by atomic mass is 10.1. The van der Waals surface area contributed by atoms with Gasteiger partial charge in [0.1, 0.15) is 6.26 Å². The highest BCUT2D eigenvalue weighted by Gasteiger charge is 2.07. The van der Waals surface area contributed by atoms with Crippen LogP contribution < -0.4 is 10.6 Å². The molecule has 0 saturated heterocycles. The first-order valence-corrected chi connectivity index (χ1v) is 9.38. The van der Waals surface area contributed by atoms with E-state index in [0.29, 0.717) is 31.5 Å². The molecule has 0 amide bonds. The summed E-state index contributed by atoms with van der Waals surface area (Å²) in [6, 6.07) is 18.2. The van der Waals surface area contributed by atoms with Gasteiger partial charge in [-0.25, -0.2) is 4.98 Å². The summed E-state index contributed by atoms with van der Waals surface area (Å²) >= 11 is 0. The van der Waals surface area contributed by atoms with E-state index in [2.05, 4.69) is 44.9 Å². The van der Waals surface area contributed by atoms with Crippen LogP contribution in [-0.4, -0.2) is 24.6 Å². The van der Waals surface area contributed by atoms with Crippen LogP contribution in [0.25, 0.3) is 11.5 Å². The lowest BCUT2D eigenvalue weighted by Gasteiger charge is -2.11. The zero-order chi connectivity index (χ0) is 19.6. The lowest BCUT2D eigenvalue weighted by Crippen LogP contribution is -2.36. The fourth-order valence-electron chi connectivity index (χ4n) is 2.66. The number of hydrogen-bond donors (Lipinski definition) is 2. The van der Waals surface area contributed by atoms with Crippen molar-refractivity contribution in [2.75, 3.05) is 13.7 Å². The summed E-state index contributed by atoms with van der Waals surface area (Å²) in [6.07, 6.45) is 1.67. The van der Waals surface area contributed by atoms with E-state index in [9.17, 15) is 0 Å². The molecule has 0 spiro atoms. The molecular weight excluding hydrogens is 479 g/mol. The highest BCUT2D eigenvalue weighted by molar-refractivity contribution is 14.0. The third-order valence-electron chi connectivity index (χ3n) is 4.19. The Kier molecular flexibility index (Phi) is 9.66. The third kappa shape index (κ3) is 7.17. The Bertz CT molecular complexity index is 879. The summed E-state index contributed by atoms with van der Waals surface area (Å²) in [4.78, 5) is 8.77. The third-order valence-corrected chi connectivity index (χ3v) is 4.19. The van der Waals surface area contributed by atoms with Gasteiger partial charge in [-0.2, -0.15) is 0 Å². The van der Waals surface area contributed by atoms with Crippen molar-refractivity contribution in [3.63, 3.8) is 0 Å². The van der Waals surface area contributed by atoms with E-state index in [0.717, 1.165) is 17.9 Å². The van der Waals surface area contributed by atoms with Crippen LogP contribution in [0, 0.1) is 0 Å². The average Bonchev–Trinajstić information content (AvgIpc) is 3.23. The molecular formula is C22H27IN4O2. The summed E-state index contributed by atoms with van der Waals surface area (Å²) in [5.41, 5.74) is 4.13. The Morgan fingerprint density at radius 2 is 1.69 bits per heavy atom. The molecule has 0 bridgehead atoms. The molecule has 3 aromatic rings. The largest absolute Gasteiger partial charge is 0.444 e. The number of halogens is 1. The minimum atomic E-state index is 0. The van der Waals surface area contributed by atoms with Crippen molar-refractivity contribution in [2.45, 2.75) is 26.6 Å². The minimum absolute atomic E-state index is 0. The van der Waals surface area contributed by atoms with Gasteiger partial charge in [0.15, 0.2) is 5.96 Å². The van der Waals surface area contributed by atoms with Crippen LogP contribution in [0.15, 0.2) is 70.3 Å². The normalized spacial score (nSPS) is 11.0. The minimum Gasteiger partial charge on any atom is -0.444 e. The van der Waals surface area contributed by atoms with Gasteiger partial charge < -0.3 is 19.8 Å². The number of nitrogens with one attached hydrogen (secondary N) is 2. The molecule has 0 aliphatic rings. The van der Waals surface area contributed by atoms with Gasteiger partial charge in [0.25, 0.3) is 0 Å². The van der Waals surface area contributed by atoms with E-state index in [1.165, 1.54) is 11.1 Å². The van der Waals surface area contributed by atoms with E-state index in [1.54, 1.807) is 13.3 Å². The van der Waals surface area contributed by atoms with Crippen molar-refractivity contribution in [3.8, 4) is 11.5 Å². The second-order valence-corrected chi connectivity index (χ2v) is 6.24. The second kappa shape index (κ2) is 12.2. The van der Waals surface area contributed by atoms with Crippen molar-refractivity contribution < 1.29 is 9.15 Å². The summed E-state index contributed by atoms with van der Waals surface area (Å²) in [7, 11) is 1.75. The number of ether oxygens (including phenoxy) is 1. The standard InChI is InChI=1S/C22H26N4O2.HI/c1-3-27-15-18-11-9-17(10-12-18)13-24-22(23-2)25-14-20-16-28-21(26-20)19-7-5-4-6-8-19;/h4-12,16H,3,13-15H2,1-2H3,(H2,23,24,25);1H. The molecule has 0 aliphatic heterocycles. The van der Waals surface area contributed by atoms with Crippen molar-refractivity contribution in [2.24, 2.45) is 4.99 Å². The highest BCUT2D eigenvalue weighted by Crippen LogP contribution is 2.17. The number of aliphatic imine (C=N–C) groups is 1. The summed E-state index contributed by atoms with van der Waals surface area (Å²) in [5, 5.41) is 6.56. The number of guanidine groups is 1. The number of oxazole rings is 1. The second-order valence-electron chi connectivity index (χ2n) is 6.24. The fourth-order valence-corrected chi connectivity index (χ4v) is 2.66. The summed E-state index contributed by atoms with van der Waals surface area (Å²) in [6.45, 7) is 4.59. The van der Waals surface area contributed by atoms with Gasteiger partial charge in [-0.05, 0) is 30.2 Å². The molecule has 1 heterocycles. The van der Waals surface area contributed by atoms with Crippen LogP contribution in [0.4, 0.5) is 0 Å². The quantitative estimate of drug-likeness (QED) is 0.270. The van der Waals surface area contributed by atoms with E-state index in [1.807, 2.05) is 37.3 Å². The Labute approximate surface area is 188 Å². The maximum Gasteiger partial charge on any atom is 0.226 e. The maximum atomic E-state index is 5.56. The van der Waals surface area contributed by atoms with Crippen LogP contribution in [-0.2, 0) is 24.4 Å². The molecule has 1 aromatic heterocycles. The van der Waals surface area contributed by atoms with Gasteiger partial charge in [-0.1, -0.05) is 42.5 Å². The zero-order valence-electron chi connectivity index (χ0n) is 16.7. The average molecular weight is 506 g/mol. The topological polar surface area (TPSA) is 71.7 Å².